The van der Waals surface area contributed by atoms with Gasteiger partial charge in [0.25, 0.3) is 5.56 Å². The molecule has 2 N–H and O–H groups in total. The fourth-order valence-corrected chi connectivity index (χ4v) is 3.98. The lowest BCUT2D eigenvalue weighted by Crippen LogP contribution is -2.41. The van der Waals surface area contributed by atoms with Crippen LogP contribution in [-0.4, -0.2) is 27.0 Å². The van der Waals surface area contributed by atoms with Crippen LogP contribution in [0.15, 0.2) is 63.5 Å². The van der Waals surface area contributed by atoms with Crippen molar-refractivity contribution in [2.24, 2.45) is 0 Å². The lowest BCUT2D eigenvalue weighted by molar-refractivity contribution is -0.121. The number of aromatic amines is 1. The average Bonchev–Trinajstić information content (AvgIpc) is 3.20. The van der Waals surface area contributed by atoms with Crippen molar-refractivity contribution in [3.8, 4) is 10.6 Å². The molecule has 0 aliphatic heterocycles. The van der Waals surface area contributed by atoms with E-state index in [-0.39, 0.29) is 6.54 Å². The van der Waals surface area contributed by atoms with E-state index in [1.54, 1.807) is 35.6 Å². The summed E-state index contributed by atoms with van der Waals surface area (Å²) in [6.07, 6.45) is 0.567. The van der Waals surface area contributed by atoms with Crippen molar-refractivity contribution in [2.75, 3.05) is 6.54 Å². The van der Waals surface area contributed by atoms with Crippen molar-refractivity contribution < 1.29 is 4.79 Å². The maximum atomic E-state index is 12.5. The summed E-state index contributed by atoms with van der Waals surface area (Å²) < 4.78 is 0.913. The topological polar surface area (TPSA) is 96.8 Å². The van der Waals surface area contributed by atoms with E-state index < -0.39 is 17.2 Å². The van der Waals surface area contributed by atoms with Crippen LogP contribution in [0.2, 0.25) is 0 Å². The molecule has 152 valence electrons. The second-order valence-corrected chi connectivity index (χ2v) is 7.84. The van der Waals surface area contributed by atoms with Crippen LogP contribution in [0, 0.1) is 6.92 Å². The number of amides is 1. The Labute approximate surface area is 176 Å². The zero-order valence-electron chi connectivity index (χ0n) is 16.3. The summed E-state index contributed by atoms with van der Waals surface area (Å²) in [5.41, 5.74) is 2.52. The molecular weight excluding hydrogens is 400 g/mol. The Bertz CT molecular complexity index is 1320. The van der Waals surface area contributed by atoms with Crippen LogP contribution in [0.1, 0.15) is 11.3 Å². The first-order valence-electron chi connectivity index (χ1n) is 9.51. The molecule has 0 bridgehead atoms. The van der Waals surface area contributed by atoms with Crippen LogP contribution < -0.4 is 16.6 Å². The Morgan fingerprint density at radius 1 is 1.13 bits per heavy atom. The minimum Gasteiger partial charge on any atom is -0.354 e. The average molecular weight is 420 g/mol. The molecule has 7 nitrogen and oxygen atoms in total. The van der Waals surface area contributed by atoms with Crippen molar-refractivity contribution in [3.05, 3.63) is 86.0 Å². The summed E-state index contributed by atoms with van der Waals surface area (Å²) in [4.78, 5) is 44.2. The molecule has 0 radical (unpaired) electrons. The molecule has 0 unspecified atom stereocenters. The maximum absolute atomic E-state index is 12.5. The normalized spacial score (nSPS) is 11.0. The van der Waals surface area contributed by atoms with E-state index in [0.717, 1.165) is 20.8 Å². The fraction of sp³-hybridized carbons (Fsp3) is 0.182. The third-order valence-corrected chi connectivity index (χ3v) is 5.68. The molecular formula is C22H20N4O3S. The Morgan fingerprint density at radius 2 is 1.90 bits per heavy atom. The predicted octanol–water partition coefficient (Wildman–Crippen LogP) is 2.48. The van der Waals surface area contributed by atoms with E-state index in [9.17, 15) is 14.4 Å². The number of hydrogen-bond donors (Lipinski definition) is 2. The number of aromatic nitrogens is 3. The number of benzene rings is 2. The standard InChI is InChI=1S/C22H20N4O3S/c1-14-6-8-15(9-7-14)20-24-16(13-30-20)10-11-23-19(27)12-26-21(28)17-4-2-3-5-18(17)25-22(26)29/h2-9,13H,10-12H2,1H3,(H,23,27)(H,25,29). The molecule has 0 spiro atoms. The molecule has 0 fully saturated rings. The van der Waals surface area contributed by atoms with Gasteiger partial charge in [0.2, 0.25) is 5.91 Å². The molecule has 0 saturated heterocycles. The number of carbonyl (C=O) groups excluding carboxylic acids is 1. The van der Waals surface area contributed by atoms with E-state index in [1.807, 2.05) is 36.6 Å². The first-order chi connectivity index (χ1) is 14.5. The van der Waals surface area contributed by atoms with Gasteiger partial charge < -0.3 is 10.3 Å². The van der Waals surface area contributed by atoms with Crippen LogP contribution in [0.5, 0.6) is 0 Å². The third kappa shape index (κ3) is 4.23. The monoisotopic (exact) mass is 420 g/mol. The van der Waals surface area contributed by atoms with E-state index >= 15 is 0 Å². The second kappa shape index (κ2) is 8.46. The number of nitrogens with zero attached hydrogens (tertiary/aromatic N) is 2. The van der Waals surface area contributed by atoms with Gasteiger partial charge in [0.15, 0.2) is 0 Å². The minimum absolute atomic E-state index is 0.329. The summed E-state index contributed by atoms with van der Waals surface area (Å²) in [5, 5.41) is 6.03. The van der Waals surface area contributed by atoms with Crippen molar-refractivity contribution in [3.63, 3.8) is 0 Å². The number of aryl methyl sites for hydroxylation is 1. The highest BCUT2D eigenvalue weighted by Crippen LogP contribution is 2.24. The van der Waals surface area contributed by atoms with Gasteiger partial charge in [0, 0.05) is 23.9 Å². The Kier molecular flexibility index (Phi) is 5.58. The first-order valence-corrected chi connectivity index (χ1v) is 10.4. The van der Waals surface area contributed by atoms with E-state index in [1.165, 1.54) is 5.56 Å². The largest absolute Gasteiger partial charge is 0.354 e. The molecule has 1 amide bonds. The molecule has 4 rings (SSSR count). The molecule has 0 atom stereocenters. The molecule has 4 aromatic rings. The molecule has 8 heteroatoms. The number of fused-ring (bicyclic) bond motifs is 1. The highest BCUT2D eigenvalue weighted by Gasteiger charge is 2.11. The Balaban J connectivity index is 1.37. The van der Waals surface area contributed by atoms with Crippen LogP contribution in [0.4, 0.5) is 0 Å². The number of nitrogens with one attached hydrogen (secondary N) is 2. The van der Waals surface area contributed by atoms with Gasteiger partial charge >= 0.3 is 5.69 Å². The van der Waals surface area contributed by atoms with Gasteiger partial charge in [-0.15, -0.1) is 11.3 Å². The van der Waals surface area contributed by atoms with Gasteiger partial charge in [0.05, 0.1) is 16.6 Å². The van der Waals surface area contributed by atoms with Crippen LogP contribution in [0.3, 0.4) is 0 Å². The van der Waals surface area contributed by atoms with E-state index in [0.29, 0.717) is 23.9 Å². The van der Waals surface area contributed by atoms with Crippen molar-refractivity contribution in [1.29, 1.82) is 0 Å². The number of H-pyrrole nitrogens is 1. The molecule has 0 saturated carbocycles. The van der Waals surface area contributed by atoms with Crippen molar-refractivity contribution in [2.45, 2.75) is 19.9 Å². The molecule has 2 heterocycles. The van der Waals surface area contributed by atoms with Crippen molar-refractivity contribution >= 4 is 28.1 Å². The summed E-state index contributed by atoms with van der Waals surface area (Å²) in [6, 6.07) is 14.9. The number of rotatable bonds is 6. The molecule has 2 aromatic heterocycles. The van der Waals surface area contributed by atoms with Crippen LogP contribution >= 0.6 is 11.3 Å². The molecule has 0 aliphatic rings. The molecule has 30 heavy (non-hydrogen) atoms. The van der Waals surface area contributed by atoms with Crippen molar-refractivity contribution in [1.82, 2.24) is 19.9 Å². The van der Waals surface area contributed by atoms with Gasteiger partial charge in [0.1, 0.15) is 11.6 Å². The molecule has 2 aromatic carbocycles. The quantitative estimate of drug-likeness (QED) is 0.501. The predicted molar refractivity (Wildman–Crippen MR) is 118 cm³/mol. The zero-order chi connectivity index (χ0) is 21.1. The summed E-state index contributed by atoms with van der Waals surface area (Å²) in [6.45, 7) is 2.08. The third-order valence-electron chi connectivity index (χ3n) is 4.74. The van der Waals surface area contributed by atoms with Crippen LogP contribution in [-0.2, 0) is 17.8 Å². The Morgan fingerprint density at radius 3 is 2.70 bits per heavy atom. The highest BCUT2D eigenvalue weighted by molar-refractivity contribution is 7.13. The van der Waals surface area contributed by atoms with E-state index in [2.05, 4.69) is 15.3 Å². The first kappa shape index (κ1) is 19.8. The highest BCUT2D eigenvalue weighted by atomic mass is 32.1. The number of para-hydroxylation sites is 1. The van der Waals surface area contributed by atoms with Crippen LogP contribution in [0.25, 0.3) is 21.5 Å². The van der Waals surface area contributed by atoms with Gasteiger partial charge in [-0.05, 0) is 19.1 Å². The summed E-state index contributed by atoms with van der Waals surface area (Å²) in [7, 11) is 0. The lowest BCUT2D eigenvalue weighted by atomic mass is 10.2. The second-order valence-electron chi connectivity index (χ2n) is 6.98. The van der Waals surface area contributed by atoms with Gasteiger partial charge in [-0.25, -0.2) is 9.78 Å². The number of carbonyl (C=O) groups is 1. The fourth-order valence-electron chi connectivity index (χ4n) is 3.12. The maximum Gasteiger partial charge on any atom is 0.329 e. The SMILES string of the molecule is Cc1ccc(-c2nc(CCNC(=O)Cn3c(=O)[nH]c4ccccc4c3=O)cs2)cc1. The zero-order valence-corrected chi connectivity index (χ0v) is 17.2. The summed E-state index contributed by atoms with van der Waals surface area (Å²) in [5.74, 6) is -0.396. The minimum atomic E-state index is -0.601. The van der Waals surface area contributed by atoms with Gasteiger partial charge in [-0.3, -0.25) is 14.2 Å². The summed E-state index contributed by atoms with van der Waals surface area (Å²) >= 11 is 1.56. The lowest BCUT2D eigenvalue weighted by Gasteiger charge is -2.07. The smallest absolute Gasteiger partial charge is 0.329 e. The molecule has 0 aliphatic carbocycles. The van der Waals surface area contributed by atoms with E-state index in [4.69, 9.17) is 0 Å². The number of hydrogen-bond acceptors (Lipinski definition) is 5. The van der Waals surface area contributed by atoms with Gasteiger partial charge in [-0.1, -0.05) is 42.0 Å². The number of thiazole rings is 1. The van der Waals surface area contributed by atoms with Gasteiger partial charge in [-0.2, -0.15) is 0 Å². The Hall–Kier alpha value is -3.52.